The molecule has 1 unspecified atom stereocenters. The van der Waals surface area contributed by atoms with Crippen LogP contribution >= 0.6 is 0 Å². The van der Waals surface area contributed by atoms with E-state index in [1.54, 1.807) is 0 Å². The minimum Gasteiger partial charge on any atom is -0.462 e. The number of esters is 3. The number of hydrogen-bond acceptors (Lipinski definition) is 6. The van der Waals surface area contributed by atoms with Crippen LogP contribution in [0.3, 0.4) is 0 Å². The highest BCUT2D eigenvalue weighted by Gasteiger charge is 2.19. The Morgan fingerprint density at radius 2 is 0.764 bits per heavy atom. The lowest BCUT2D eigenvalue weighted by atomic mass is 10.0. The molecule has 0 saturated heterocycles. The third kappa shape index (κ3) is 42.4. The number of unbranched alkanes of at least 4 members (excludes halogenated alkanes) is 23. The summed E-state index contributed by atoms with van der Waals surface area (Å²) in [4.78, 5) is 37.7. The number of rotatable bonds is 41. The van der Waals surface area contributed by atoms with E-state index in [1.807, 2.05) is 0 Å². The summed E-state index contributed by atoms with van der Waals surface area (Å²) in [5.74, 6) is -0.957. The van der Waals surface area contributed by atoms with Gasteiger partial charge in [0, 0.05) is 19.3 Å². The van der Waals surface area contributed by atoms with Crippen LogP contribution in [0.1, 0.15) is 226 Å². The van der Waals surface area contributed by atoms with E-state index in [9.17, 15) is 14.4 Å². The molecule has 1 atom stereocenters. The fourth-order valence-corrected chi connectivity index (χ4v) is 6.35. The Labute approximate surface area is 339 Å². The van der Waals surface area contributed by atoms with Gasteiger partial charge in [0.25, 0.3) is 0 Å². The van der Waals surface area contributed by atoms with Crippen molar-refractivity contribution < 1.29 is 28.6 Å². The summed E-state index contributed by atoms with van der Waals surface area (Å²) in [7, 11) is 0. The zero-order valence-electron chi connectivity index (χ0n) is 36.2. The minimum absolute atomic E-state index is 0.0957. The molecule has 0 amide bonds. The van der Waals surface area contributed by atoms with E-state index in [1.165, 1.54) is 103 Å². The van der Waals surface area contributed by atoms with Gasteiger partial charge in [-0.2, -0.15) is 0 Å². The van der Waals surface area contributed by atoms with Crippen molar-refractivity contribution in [3.05, 3.63) is 48.6 Å². The van der Waals surface area contributed by atoms with Gasteiger partial charge < -0.3 is 14.2 Å². The highest BCUT2D eigenvalue weighted by Crippen LogP contribution is 2.14. The van der Waals surface area contributed by atoms with Gasteiger partial charge in [0.05, 0.1) is 0 Å². The molecule has 6 heteroatoms. The molecule has 0 heterocycles. The fourth-order valence-electron chi connectivity index (χ4n) is 6.35. The smallest absolute Gasteiger partial charge is 0.306 e. The normalized spacial score (nSPS) is 12.4. The molecule has 0 aliphatic heterocycles. The Bertz CT molecular complexity index is 980. The summed E-state index contributed by atoms with van der Waals surface area (Å²) >= 11 is 0. The van der Waals surface area contributed by atoms with Gasteiger partial charge in [-0.1, -0.05) is 185 Å². The summed E-state index contributed by atoms with van der Waals surface area (Å²) in [5.41, 5.74) is 0. The second-order valence-electron chi connectivity index (χ2n) is 15.3. The second kappa shape index (κ2) is 44.1. The Kier molecular flexibility index (Phi) is 42.0. The van der Waals surface area contributed by atoms with Crippen molar-refractivity contribution in [3.63, 3.8) is 0 Å². The van der Waals surface area contributed by atoms with Gasteiger partial charge in [-0.3, -0.25) is 14.4 Å². The van der Waals surface area contributed by atoms with Crippen LogP contribution in [-0.4, -0.2) is 37.2 Å². The Balaban J connectivity index is 4.40. The lowest BCUT2D eigenvalue weighted by Crippen LogP contribution is -2.30. The van der Waals surface area contributed by atoms with Crippen molar-refractivity contribution in [2.75, 3.05) is 13.2 Å². The predicted octanol–water partition coefficient (Wildman–Crippen LogP) is 14.8. The summed E-state index contributed by atoms with van der Waals surface area (Å²) < 4.78 is 16.6. The highest BCUT2D eigenvalue weighted by molar-refractivity contribution is 5.71. The van der Waals surface area contributed by atoms with Crippen molar-refractivity contribution in [1.82, 2.24) is 0 Å². The zero-order chi connectivity index (χ0) is 40.1. The topological polar surface area (TPSA) is 78.9 Å². The molecule has 0 N–H and O–H groups in total. The molecule has 0 aliphatic rings. The predicted molar refractivity (Wildman–Crippen MR) is 233 cm³/mol. The molecule has 6 nitrogen and oxygen atoms in total. The molecule has 0 aromatic heterocycles. The van der Waals surface area contributed by atoms with Gasteiger partial charge in [-0.15, -0.1) is 0 Å². The molecule has 0 rings (SSSR count). The largest absolute Gasteiger partial charge is 0.462 e. The van der Waals surface area contributed by atoms with Crippen LogP contribution < -0.4 is 0 Å². The number of allylic oxidation sites excluding steroid dienone is 8. The first-order chi connectivity index (χ1) is 27.0. The maximum absolute atomic E-state index is 12.7. The van der Waals surface area contributed by atoms with Crippen LogP contribution in [0.5, 0.6) is 0 Å². The molecule has 0 aromatic rings. The molecule has 0 aromatic carbocycles. The molecule has 0 fully saturated rings. The standard InChI is InChI=1S/C49H86O6/c1-4-7-10-13-16-19-21-23-24-25-26-28-30-33-36-39-42-48(51)54-45-46(44-53-47(50)41-38-35-32-29-18-15-12-9-6-3)55-49(52)43-40-37-34-31-27-22-20-17-14-11-8-5-2/h9,12,18,24-26,28-29,46H,4-8,10-11,13-17,19-23,27,30-45H2,1-3H3/b12-9-,25-24-,28-26-,29-18-. The van der Waals surface area contributed by atoms with Crippen molar-refractivity contribution in [2.24, 2.45) is 0 Å². The molecule has 0 radical (unpaired) electrons. The maximum Gasteiger partial charge on any atom is 0.306 e. The molecule has 0 aliphatic carbocycles. The number of carbonyl (C=O) groups excluding carboxylic acids is 3. The molecule has 0 spiro atoms. The number of ether oxygens (including phenoxy) is 3. The van der Waals surface area contributed by atoms with Gasteiger partial charge in [-0.05, 0) is 70.6 Å². The van der Waals surface area contributed by atoms with E-state index in [0.29, 0.717) is 19.3 Å². The molecular weight excluding hydrogens is 685 g/mol. The van der Waals surface area contributed by atoms with Gasteiger partial charge >= 0.3 is 17.9 Å². The monoisotopic (exact) mass is 771 g/mol. The van der Waals surface area contributed by atoms with Crippen LogP contribution in [0, 0.1) is 0 Å². The second-order valence-corrected chi connectivity index (χ2v) is 15.3. The average molecular weight is 771 g/mol. The van der Waals surface area contributed by atoms with Crippen molar-refractivity contribution in [2.45, 2.75) is 232 Å². The molecule has 55 heavy (non-hydrogen) atoms. The minimum atomic E-state index is -0.791. The van der Waals surface area contributed by atoms with Crippen LogP contribution in [0.4, 0.5) is 0 Å². The molecule has 318 valence electrons. The van der Waals surface area contributed by atoms with Gasteiger partial charge in [0.15, 0.2) is 6.10 Å². The van der Waals surface area contributed by atoms with E-state index in [-0.39, 0.29) is 31.1 Å². The van der Waals surface area contributed by atoms with Crippen molar-refractivity contribution in [3.8, 4) is 0 Å². The highest BCUT2D eigenvalue weighted by atomic mass is 16.6. The first-order valence-electron chi connectivity index (χ1n) is 23.2. The van der Waals surface area contributed by atoms with E-state index >= 15 is 0 Å². The Morgan fingerprint density at radius 3 is 1.25 bits per heavy atom. The van der Waals surface area contributed by atoms with E-state index < -0.39 is 6.10 Å². The van der Waals surface area contributed by atoms with Crippen LogP contribution in [0.2, 0.25) is 0 Å². The van der Waals surface area contributed by atoms with Gasteiger partial charge in [0.1, 0.15) is 13.2 Å². The maximum atomic E-state index is 12.7. The van der Waals surface area contributed by atoms with Crippen molar-refractivity contribution in [1.29, 1.82) is 0 Å². The van der Waals surface area contributed by atoms with E-state index in [2.05, 4.69) is 69.4 Å². The fraction of sp³-hybridized carbons (Fsp3) is 0.776. The summed E-state index contributed by atoms with van der Waals surface area (Å²) in [6, 6.07) is 0. The third-order valence-corrected chi connectivity index (χ3v) is 9.85. The summed E-state index contributed by atoms with van der Waals surface area (Å²) in [5, 5.41) is 0. The van der Waals surface area contributed by atoms with Gasteiger partial charge in [0.2, 0.25) is 0 Å². The van der Waals surface area contributed by atoms with E-state index in [0.717, 1.165) is 83.5 Å². The third-order valence-electron chi connectivity index (χ3n) is 9.85. The van der Waals surface area contributed by atoms with Crippen LogP contribution in [0.15, 0.2) is 48.6 Å². The summed E-state index contributed by atoms with van der Waals surface area (Å²) in [6.07, 6.45) is 51.1. The zero-order valence-corrected chi connectivity index (χ0v) is 36.2. The Morgan fingerprint density at radius 1 is 0.400 bits per heavy atom. The molecule has 0 saturated carbocycles. The SMILES string of the molecule is CC/C=C\C/C=C\CCCCC(=O)OCC(COC(=O)CCCCC/C=C\C=C/CCCCCCCCC)OC(=O)CCCCCCCCCCCCCC. The van der Waals surface area contributed by atoms with Crippen LogP contribution in [0.25, 0.3) is 0 Å². The average Bonchev–Trinajstić information content (AvgIpc) is 3.18. The first kappa shape index (κ1) is 52.4. The Hall–Kier alpha value is -2.63. The first-order valence-corrected chi connectivity index (χ1v) is 23.2. The van der Waals surface area contributed by atoms with E-state index in [4.69, 9.17) is 14.2 Å². The number of hydrogen-bond donors (Lipinski definition) is 0. The van der Waals surface area contributed by atoms with Crippen LogP contribution in [-0.2, 0) is 28.6 Å². The molecule has 0 bridgehead atoms. The van der Waals surface area contributed by atoms with Crippen molar-refractivity contribution >= 4 is 17.9 Å². The summed E-state index contributed by atoms with van der Waals surface area (Å²) in [6.45, 7) is 6.44. The lowest BCUT2D eigenvalue weighted by molar-refractivity contribution is -0.167. The number of carbonyl (C=O) groups is 3. The lowest BCUT2D eigenvalue weighted by Gasteiger charge is -2.18. The molecular formula is C49H86O6. The quantitative estimate of drug-likeness (QED) is 0.0202. The van der Waals surface area contributed by atoms with Gasteiger partial charge in [-0.25, -0.2) is 0 Å².